The Balaban J connectivity index is 1.82. The normalized spacial score (nSPS) is 33.2. The van der Waals surface area contributed by atoms with Crippen molar-refractivity contribution >= 4 is 5.97 Å². The van der Waals surface area contributed by atoms with Crippen molar-refractivity contribution in [3.05, 3.63) is 77.7 Å². The topological polar surface area (TPSA) is 109 Å². The molecule has 0 bridgehead atoms. The third-order valence-electron chi connectivity index (χ3n) is 7.34. The van der Waals surface area contributed by atoms with Crippen LogP contribution in [0.3, 0.4) is 0 Å². The summed E-state index contributed by atoms with van der Waals surface area (Å²) in [6, 6.07) is 4.01. The van der Waals surface area contributed by atoms with Crippen LogP contribution in [-0.4, -0.2) is 39.5 Å². The molecule has 0 saturated heterocycles. The monoisotopic (exact) mass is 489 g/mol. The second kappa shape index (κ2) is 7.82. The molecule has 0 spiro atoms. The number of ether oxygens (including phenoxy) is 2. The molecule has 1 unspecified atom stereocenters. The summed E-state index contributed by atoms with van der Waals surface area (Å²) in [7, 11) is 1.32. The van der Waals surface area contributed by atoms with Crippen molar-refractivity contribution in [3.8, 4) is 11.5 Å². The van der Waals surface area contributed by atoms with Gasteiger partial charge < -0.3 is 24.8 Å². The molecule has 2 aromatic rings. The molecular formula is C25H22F3NO6. The zero-order valence-electron chi connectivity index (χ0n) is 18.4. The van der Waals surface area contributed by atoms with E-state index in [0.717, 1.165) is 24.3 Å². The Hall–Kier alpha value is -3.37. The SMILES string of the molecule is COc1cncc2c1[C@]1(O)[C@H](O)[C@H](C(=O)O)[C@@H](C3C=CC=CC3)[C@]1(c1ccc(C(F)(F)F)cc1)O2. The number of aliphatic carboxylic acids is 1. The Labute approximate surface area is 198 Å². The minimum absolute atomic E-state index is 0.00600. The first kappa shape index (κ1) is 23.4. The van der Waals surface area contributed by atoms with Gasteiger partial charge in [-0.1, -0.05) is 36.4 Å². The zero-order valence-corrected chi connectivity index (χ0v) is 18.4. The highest BCUT2D eigenvalue weighted by atomic mass is 19.4. The highest BCUT2D eigenvalue weighted by Gasteiger charge is 2.78. The quantitative estimate of drug-likeness (QED) is 0.604. The van der Waals surface area contributed by atoms with Crippen molar-refractivity contribution in [2.45, 2.75) is 29.9 Å². The number of methoxy groups -OCH3 is 1. The number of carboxylic acids is 1. The van der Waals surface area contributed by atoms with E-state index in [1.54, 1.807) is 18.2 Å². The van der Waals surface area contributed by atoms with Crippen LogP contribution in [0.25, 0.3) is 0 Å². The van der Waals surface area contributed by atoms with Gasteiger partial charge in [-0.2, -0.15) is 13.2 Å². The van der Waals surface area contributed by atoms with Gasteiger partial charge in [0.2, 0.25) is 0 Å². The van der Waals surface area contributed by atoms with Gasteiger partial charge in [-0.25, -0.2) is 0 Å². The maximum absolute atomic E-state index is 13.3. The first-order chi connectivity index (χ1) is 16.6. The largest absolute Gasteiger partial charge is 0.495 e. The van der Waals surface area contributed by atoms with Gasteiger partial charge in [-0.3, -0.25) is 9.78 Å². The molecule has 2 heterocycles. The van der Waals surface area contributed by atoms with Crippen molar-refractivity contribution in [2.24, 2.45) is 17.8 Å². The predicted octanol–water partition coefficient (Wildman–Crippen LogP) is 3.41. The van der Waals surface area contributed by atoms with Crippen molar-refractivity contribution in [2.75, 3.05) is 7.11 Å². The molecule has 3 aliphatic rings. The van der Waals surface area contributed by atoms with E-state index < -0.39 is 52.8 Å². The van der Waals surface area contributed by atoms with Gasteiger partial charge in [0.15, 0.2) is 11.2 Å². The number of fused-ring (bicyclic) bond motifs is 3. The number of carbonyl (C=O) groups is 1. The number of aromatic nitrogens is 1. The van der Waals surface area contributed by atoms with Crippen LogP contribution in [0.2, 0.25) is 0 Å². The van der Waals surface area contributed by atoms with Gasteiger partial charge in [-0.15, -0.1) is 0 Å². The van der Waals surface area contributed by atoms with Crippen LogP contribution in [0.1, 0.15) is 23.1 Å². The lowest BCUT2D eigenvalue weighted by atomic mass is 9.67. The maximum Gasteiger partial charge on any atom is 0.416 e. The Morgan fingerprint density at radius 1 is 1.20 bits per heavy atom. The number of benzene rings is 1. The average molecular weight is 489 g/mol. The van der Waals surface area contributed by atoms with Crippen molar-refractivity contribution in [1.82, 2.24) is 4.98 Å². The van der Waals surface area contributed by atoms with Crippen molar-refractivity contribution in [1.29, 1.82) is 0 Å². The molecule has 1 fully saturated rings. The second-order valence-electron chi connectivity index (χ2n) is 8.94. The summed E-state index contributed by atoms with van der Waals surface area (Å²) >= 11 is 0. The number of aliphatic hydroxyl groups excluding tert-OH is 1. The van der Waals surface area contributed by atoms with Crippen LogP contribution in [0.15, 0.2) is 61.0 Å². The number of halogens is 3. The lowest BCUT2D eigenvalue weighted by Gasteiger charge is -2.42. The standard InChI is InChI=1S/C25H22F3NO6/c1-34-16-11-29-12-17-20(16)23(33)21(30)18(22(31)32)19(13-5-3-2-4-6-13)24(23,35-17)14-7-9-15(10-8-14)25(26,27)28/h2-5,7-13,18-19,21,30,33H,6H2,1H3,(H,31,32)/t13?,18-,19-,21-,23+,24+/m1/s1. The number of allylic oxidation sites excluding steroid dienone is 4. The van der Waals surface area contributed by atoms with E-state index in [0.29, 0.717) is 6.42 Å². The van der Waals surface area contributed by atoms with Crippen LogP contribution in [0, 0.1) is 17.8 Å². The Bertz CT molecular complexity index is 1230. The number of nitrogens with zero attached hydrogens (tertiary/aromatic N) is 1. The lowest BCUT2D eigenvalue weighted by molar-refractivity contribution is -0.163. The summed E-state index contributed by atoms with van der Waals surface area (Å²) in [5.41, 5.74) is -5.12. The summed E-state index contributed by atoms with van der Waals surface area (Å²) in [6.45, 7) is 0. The maximum atomic E-state index is 13.3. The molecule has 10 heteroatoms. The molecule has 1 aliphatic heterocycles. The van der Waals surface area contributed by atoms with Gasteiger partial charge in [0.05, 0.1) is 36.5 Å². The van der Waals surface area contributed by atoms with Gasteiger partial charge in [0.1, 0.15) is 17.6 Å². The van der Waals surface area contributed by atoms with E-state index in [4.69, 9.17) is 9.47 Å². The van der Waals surface area contributed by atoms with Crippen molar-refractivity contribution < 1.29 is 42.8 Å². The number of alkyl halides is 3. The van der Waals surface area contributed by atoms with Crippen LogP contribution in [0.5, 0.6) is 11.5 Å². The molecule has 1 aromatic heterocycles. The minimum atomic E-state index is -4.60. The van der Waals surface area contributed by atoms with E-state index in [1.165, 1.54) is 19.5 Å². The Kier molecular flexibility index (Phi) is 5.22. The summed E-state index contributed by atoms with van der Waals surface area (Å²) in [5, 5.41) is 33.9. The minimum Gasteiger partial charge on any atom is -0.495 e. The molecule has 3 N–H and O–H groups in total. The van der Waals surface area contributed by atoms with E-state index in [-0.39, 0.29) is 22.6 Å². The molecule has 7 nitrogen and oxygen atoms in total. The van der Waals surface area contributed by atoms with Gasteiger partial charge in [-0.05, 0) is 30.0 Å². The third kappa shape index (κ3) is 3.06. The Morgan fingerprint density at radius 2 is 1.91 bits per heavy atom. The average Bonchev–Trinajstić information content (AvgIpc) is 3.22. The predicted molar refractivity (Wildman–Crippen MR) is 115 cm³/mol. The Morgan fingerprint density at radius 3 is 2.49 bits per heavy atom. The van der Waals surface area contributed by atoms with Gasteiger partial charge in [0.25, 0.3) is 0 Å². The van der Waals surface area contributed by atoms with E-state index in [2.05, 4.69) is 4.98 Å². The first-order valence-electron chi connectivity index (χ1n) is 10.9. The molecule has 2 aliphatic carbocycles. The van der Waals surface area contributed by atoms with Gasteiger partial charge >= 0.3 is 12.1 Å². The molecule has 184 valence electrons. The molecule has 6 atom stereocenters. The summed E-state index contributed by atoms with van der Waals surface area (Å²) in [5.74, 6) is -4.33. The van der Waals surface area contributed by atoms with E-state index >= 15 is 0 Å². The number of rotatable bonds is 4. The highest BCUT2D eigenvalue weighted by Crippen LogP contribution is 2.69. The first-order valence-corrected chi connectivity index (χ1v) is 10.9. The van der Waals surface area contributed by atoms with E-state index in [9.17, 15) is 33.3 Å². The molecule has 0 radical (unpaired) electrons. The molecular weight excluding hydrogens is 467 g/mol. The number of carboxylic acid groups (broad SMARTS) is 1. The lowest BCUT2D eigenvalue weighted by Crippen LogP contribution is -2.53. The fraction of sp³-hybridized carbons (Fsp3) is 0.360. The molecule has 35 heavy (non-hydrogen) atoms. The van der Waals surface area contributed by atoms with Crippen LogP contribution < -0.4 is 9.47 Å². The molecule has 5 rings (SSSR count). The smallest absolute Gasteiger partial charge is 0.416 e. The summed E-state index contributed by atoms with van der Waals surface area (Å²) < 4.78 is 51.6. The summed E-state index contributed by atoms with van der Waals surface area (Å²) in [4.78, 5) is 16.5. The number of pyridine rings is 1. The van der Waals surface area contributed by atoms with Crippen LogP contribution in [-0.2, 0) is 22.2 Å². The molecule has 0 amide bonds. The van der Waals surface area contributed by atoms with E-state index in [1.807, 2.05) is 6.08 Å². The highest BCUT2D eigenvalue weighted by molar-refractivity contribution is 5.75. The summed E-state index contributed by atoms with van der Waals surface area (Å²) in [6.07, 6.45) is 3.58. The van der Waals surface area contributed by atoms with Crippen molar-refractivity contribution in [3.63, 3.8) is 0 Å². The fourth-order valence-electron chi connectivity index (χ4n) is 5.97. The fourth-order valence-corrected chi connectivity index (χ4v) is 5.97. The molecule has 1 aromatic carbocycles. The second-order valence-corrected chi connectivity index (χ2v) is 8.94. The van der Waals surface area contributed by atoms with Crippen LogP contribution >= 0.6 is 0 Å². The number of aliphatic hydroxyl groups is 2. The number of hydrogen-bond donors (Lipinski definition) is 3. The van der Waals surface area contributed by atoms with Crippen LogP contribution in [0.4, 0.5) is 13.2 Å². The van der Waals surface area contributed by atoms with Gasteiger partial charge in [0, 0.05) is 5.92 Å². The zero-order chi connectivity index (χ0) is 25.2. The molecule has 1 saturated carbocycles. The third-order valence-corrected chi connectivity index (χ3v) is 7.34. The number of hydrogen-bond acceptors (Lipinski definition) is 6.